The van der Waals surface area contributed by atoms with E-state index in [2.05, 4.69) is 47.7 Å². The Kier molecular flexibility index (Phi) is 9.99. The molecule has 0 saturated carbocycles. The second-order valence-electron chi connectivity index (χ2n) is 8.06. The number of hydrazone groups is 1. The van der Waals surface area contributed by atoms with Crippen molar-refractivity contribution in [1.82, 2.24) is 5.43 Å². The van der Waals surface area contributed by atoms with Crippen LogP contribution in [0.3, 0.4) is 0 Å². The zero-order valence-electron chi connectivity index (χ0n) is 20.1. The number of rotatable bonds is 7. The summed E-state index contributed by atoms with van der Waals surface area (Å²) >= 11 is 24.7. The van der Waals surface area contributed by atoms with Gasteiger partial charge in [0.2, 0.25) is 0 Å². The first-order chi connectivity index (χ1) is 19.1. The van der Waals surface area contributed by atoms with E-state index in [0.717, 1.165) is 0 Å². The van der Waals surface area contributed by atoms with Gasteiger partial charge >= 0.3 is 5.97 Å². The van der Waals surface area contributed by atoms with Crippen LogP contribution in [0.25, 0.3) is 0 Å². The van der Waals surface area contributed by atoms with Gasteiger partial charge in [-0.1, -0.05) is 56.8 Å². The van der Waals surface area contributed by atoms with Crippen LogP contribution in [0.4, 0.5) is 5.69 Å². The first-order valence-electron chi connectivity index (χ1n) is 11.3. The van der Waals surface area contributed by atoms with Gasteiger partial charge in [-0.15, -0.1) is 0 Å². The van der Waals surface area contributed by atoms with Crippen LogP contribution in [0.15, 0.2) is 92.9 Å². The molecular formula is C28H16Br2Cl3N3O4. The van der Waals surface area contributed by atoms with Gasteiger partial charge in [-0.05, 0) is 88.7 Å². The second-order valence-corrected chi connectivity index (χ2v) is 11.1. The third-order valence-electron chi connectivity index (χ3n) is 5.24. The molecule has 0 unspecified atom stereocenters. The van der Waals surface area contributed by atoms with Gasteiger partial charge in [0.15, 0.2) is 5.75 Å². The lowest BCUT2D eigenvalue weighted by molar-refractivity contribution is 0.0732. The number of anilines is 1. The summed E-state index contributed by atoms with van der Waals surface area (Å²) in [5.74, 6) is -1.40. The fourth-order valence-corrected chi connectivity index (χ4v) is 5.32. The summed E-state index contributed by atoms with van der Waals surface area (Å²) in [5, 5.41) is 7.81. The molecule has 0 saturated heterocycles. The molecule has 0 atom stereocenters. The summed E-state index contributed by atoms with van der Waals surface area (Å²) in [6, 6.07) is 20.4. The van der Waals surface area contributed by atoms with E-state index in [0.29, 0.717) is 35.8 Å². The summed E-state index contributed by atoms with van der Waals surface area (Å²) in [5.41, 5.74) is 3.99. The van der Waals surface area contributed by atoms with Crippen LogP contribution in [0.2, 0.25) is 15.1 Å². The highest BCUT2D eigenvalue weighted by Crippen LogP contribution is 2.33. The molecule has 4 aromatic carbocycles. The Morgan fingerprint density at radius 2 is 1.52 bits per heavy atom. The summed E-state index contributed by atoms with van der Waals surface area (Å²) in [4.78, 5) is 38.0. The highest BCUT2D eigenvalue weighted by atomic mass is 79.9. The number of carbonyl (C=O) groups is 3. The van der Waals surface area contributed by atoms with Crippen molar-refractivity contribution in [2.24, 2.45) is 5.10 Å². The van der Waals surface area contributed by atoms with E-state index in [9.17, 15) is 14.4 Å². The second kappa shape index (κ2) is 13.4. The lowest BCUT2D eigenvalue weighted by Crippen LogP contribution is -2.18. The summed E-state index contributed by atoms with van der Waals surface area (Å²) in [6.07, 6.45) is 1.34. The number of benzene rings is 4. The zero-order valence-corrected chi connectivity index (χ0v) is 25.5. The van der Waals surface area contributed by atoms with E-state index in [-0.39, 0.29) is 21.9 Å². The van der Waals surface area contributed by atoms with Gasteiger partial charge in [-0.2, -0.15) is 5.10 Å². The molecule has 7 nitrogen and oxygen atoms in total. The first kappa shape index (κ1) is 29.8. The number of esters is 1. The number of amides is 2. The van der Waals surface area contributed by atoms with Crippen LogP contribution in [0, 0.1) is 0 Å². The molecule has 0 aliphatic rings. The van der Waals surface area contributed by atoms with Crippen molar-refractivity contribution in [3.05, 3.63) is 125 Å². The number of halogens is 5. The fraction of sp³-hybridized carbons (Fsp3) is 0. The van der Waals surface area contributed by atoms with Crippen molar-refractivity contribution in [2.45, 2.75) is 0 Å². The molecule has 2 amide bonds. The lowest BCUT2D eigenvalue weighted by Gasteiger charge is -2.11. The molecule has 12 heteroatoms. The molecule has 0 fully saturated rings. The van der Waals surface area contributed by atoms with Crippen LogP contribution in [0.5, 0.6) is 5.75 Å². The average Bonchev–Trinajstić information content (AvgIpc) is 2.90. The fourth-order valence-electron chi connectivity index (χ4n) is 3.36. The molecule has 0 radical (unpaired) electrons. The largest absolute Gasteiger partial charge is 0.421 e. The van der Waals surface area contributed by atoms with Crippen LogP contribution in [-0.4, -0.2) is 24.0 Å². The molecule has 0 aliphatic heterocycles. The molecule has 0 heterocycles. The molecule has 0 spiro atoms. The first-order valence-corrected chi connectivity index (χ1v) is 14.0. The van der Waals surface area contributed by atoms with Crippen molar-refractivity contribution in [3.8, 4) is 5.75 Å². The van der Waals surface area contributed by atoms with E-state index in [1.165, 1.54) is 24.4 Å². The predicted molar refractivity (Wildman–Crippen MR) is 164 cm³/mol. The third-order valence-corrected chi connectivity index (χ3v) is 7.09. The molecule has 40 heavy (non-hydrogen) atoms. The molecule has 0 bridgehead atoms. The number of hydrogen-bond donors (Lipinski definition) is 2. The van der Waals surface area contributed by atoms with Gasteiger partial charge in [0.25, 0.3) is 11.8 Å². The van der Waals surface area contributed by atoms with Gasteiger partial charge in [0.05, 0.1) is 26.8 Å². The van der Waals surface area contributed by atoms with Crippen molar-refractivity contribution < 1.29 is 19.1 Å². The summed E-state index contributed by atoms with van der Waals surface area (Å²) in [7, 11) is 0. The molecule has 0 aliphatic carbocycles. The maximum absolute atomic E-state index is 12.8. The van der Waals surface area contributed by atoms with Gasteiger partial charge in [0.1, 0.15) is 0 Å². The Morgan fingerprint density at radius 1 is 0.800 bits per heavy atom. The molecule has 202 valence electrons. The van der Waals surface area contributed by atoms with Gasteiger partial charge < -0.3 is 10.1 Å². The van der Waals surface area contributed by atoms with E-state index in [1.807, 2.05) is 0 Å². The van der Waals surface area contributed by atoms with Crippen LogP contribution >= 0.6 is 66.7 Å². The minimum Gasteiger partial charge on any atom is -0.421 e. The van der Waals surface area contributed by atoms with Gasteiger partial charge in [-0.3, -0.25) is 9.59 Å². The number of nitrogens with one attached hydrogen (secondary N) is 2. The maximum atomic E-state index is 12.8. The Balaban J connectivity index is 1.46. The standard InChI is InChI=1S/C28H16Br2Cl3N3O4/c29-18-10-17(25(23(30)12-18)40-28(39)15-4-6-19(31)7-5-15)14-34-36-26(37)16-2-1-3-21(11-16)35-27(38)22-9-8-20(32)13-24(22)33/h1-14H,(H,35,38)(H,36,37). The van der Waals surface area contributed by atoms with Crippen molar-refractivity contribution in [2.75, 3.05) is 5.32 Å². The average molecular weight is 725 g/mol. The molecular weight excluding hydrogens is 708 g/mol. The smallest absolute Gasteiger partial charge is 0.343 e. The zero-order chi connectivity index (χ0) is 28.8. The topological polar surface area (TPSA) is 96.9 Å². The summed E-state index contributed by atoms with van der Waals surface area (Å²) in [6.45, 7) is 0. The molecule has 4 aromatic rings. The number of ether oxygens (including phenoxy) is 1. The monoisotopic (exact) mass is 721 g/mol. The van der Waals surface area contributed by atoms with Crippen molar-refractivity contribution >= 4 is 96.3 Å². The van der Waals surface area contributed by atoms with Gasteiger partial charge in [-0.25, -0.2) is 10.2 Å². The number of nitrogens with zero attached hydrogens (tertiary/aromatic N) is 1. The number of hydrogen-bond acceptors (Lipinski definition) is 5. The van der Waals surface area contributed by atoms with E-state index in [4.69, 9.17) is 39.5 Å². The van der Waals surface area contributed by atoms with Crippen molar-refractivity contribution in [1.29, 1.82) is 0 Å². The van der Waals surface area contributed by atoms with E-state index < -0.39 is 17.8 Å². The van der Waals surface area contributed by atoms with Crippen LogP contribution in [0.1, 0.15) is 36.6 Å². The highest BCUT2D eigenvalue weighted by molar-refractivity contribution is 9.11. The quantitative estimate of drug-likeness (QED) is 0.0866. The third kappa shape index (κ3) is 7.71. The van der Waals surface area contributed by atoms with Gasteiger partial charge in [0, 0.05) is 31.3 Å². The lowest BCUT2D eigenvalue weighted by atomic mass is 10.1. The highest BCUT2D eigenvalue weighted by Gasteiger charge is 2.16. The minimum absolute atomic E-state index is 0.200. The maximum Gasteiger partial charge on any atom is 0.343 e. The molecule has 2 N–H and O–H groups in total. The molecule has 4 rings (SSSR count). The summed E-state index contributed by atoms with van der Waals surface area (Å²) < 4.78 is 6.76. The Hall–Kier alpha value is -3.21. The minimum atomic E-state index is -0.600. The SMILES string of the molecule is O=C(NN=Cc1cc(Br)cc(Br)c1OC(=O)c1ccc(Cl)cc1)c1cccc(NC(=O)c2ccc(Cl)cc2Cl)c1. The number of carbonyl (C=O) groups excluding carboxylic acids is 3. The molecule has 0 aromatic heterocycles. The normalized spacial score (nSPS) is 10.8. The Morgan fingerprint density at radius 3 is 2.25 bits per heavy atom. The Labute approximate surface area is 260 Å². The predicted octanol–water partition coefficient (Wildman–Crippen LogP) is 8.41. The van der Waals surface area contributed by atoms with E-state index in [1.54, 1.807) is 60.7 Å². The van der Waals surface area contributed by atoms with Crippen LogP contribution in [-0.2, 0) is 0 Å². The Bertz CT molecular complexity index is 1650. The van der Waals surface area contributed by atoms with E-state index >= 15 is 0 Å². The van der Waals surface area contributed by atoms with Crippen LogP contribution < -0.4 is 15.5 Å². The van der Waals surface area contributed by atoms with Crippen molar-refractivity contribution in [3.63, 3.8) is 0 Å².